The number of benzene rings is 1. The minimum absolute atomic E-state index is 0.159. The molecule has 3 aromatic rings. The van der Waals surface area contributed by atoms with Gasteiger partial charge in [-0.1, -0.05) is 15.9 Å². The maximum Gasteiger partial charge on any atom is 0.219 e. The number of piperidine rings is 1. The second-order valence-electron chi connectivity index (χ2n) is 6.83. The number of fused-ring (bicyclic) bond motifs is 1. The van der Waals surface area contributed by atoms with Gasteiger partial charge >= 0.3 is 0 Å². The van der Waals surface area contributed by atoms with Crippen LogP contribution in [0, 0.1) is 0 Å². The van der Waals surface area contributed by atoms with Gasteiger partial charge in [0.15, 0.2) is 5.58 Å². The second-order valence-corrected chi connectivity index (χ2v) is 8.72. The molecule has 0 saturated carbocycles. The number of hydrogen-bond acceptors (Lipinski definition) is 6. The minimum atomic E-state index is 0.159. The summed E-state index contributed by atoms with van der Waals surface area (Å²) < 4.78 is 6.97. The average Bonchev–Trinajstić information content (AvgIpc) is 3.30. The molecule has 0 bridgehead atoms. The lowest BCUT2D eigenvalue weighted by Gasteiger charge is -2.37. The molecule has 1 amide bonds. The van der Waals surface area contributed by atoms with Gasteiger partial charge < -0.3 is 9.32 Å². The van der Waals surface area contributed by atoms with E-state index < -0.39 is 0 Å². The van der Waals surface area contributed by atoms with Crippen LogP contribution in [0.1, 0.15) is 30.5 Å². The first-order valence-corrected chi connectivity index (χ1v) is 10.7. The number of nitrogens with zero attached hydrogens (tertiary/aromatic N) is 4. The molecule has 3 heterocycles. The number of likely N-dealkylation sites (tertiary alicyclic amines) is 1. The third-order valence-corrected chi connectivity index (χ3v) is 6.26. The first-order chi connectivity index (χ1) is 13.1. The van der Waals surface area contributed by atoms with Crippen LogP contribution in [0.4, 0.5) is 0 Å². The van der Waals surface area contributed by atoms with Gasteiger partial charge in [-0.25, -0.2) is 4.98 Å². The summed E-state index contributed by atoms with van der Waals surface area (Å²) >= 11 is 5.15. The van der Waals surface area contributed by atoms with E-state index in [1.165, 1.54) is 4.88 Å². The zero-order valence-electron chi connectivity index (χ0n) is 15.1. The number of hydrogen-bond donors (Lipinski definition) is 0. The zero-order chi connectivity index (χ0) is 18.8. The molecular formula is C19H21BrN4O2S. The molecule has 142 valence electrons. The molecule has 6 nitrogen and oxygen atoms in total. The molecular weight excluding hydrogens is 428 g/mol. The Labute approximate surface area is 170 Å². The number of carbonyl (C=O) groups excluding carboxylic acids is 1. The van der Waals surface area contributed by atoms with E-state index in [0.717, 1.165) is 53.9 Å². The van der Waals surface area contributed by atoms with Crippen molar-refractivity contribution in [2.75, 3.05) is 13.1 Å². The summed E-state index contributed by atoms with van der Waals surface area (Å²) in [5.74, 6) is 0.883. The van der Waals surface area contributed by atoms with E-state index in [0.29, 0.717) is 12.6 Å². The van der Waals surface area contributed by atoms with Gasteiger partial charge in [-0.05, 0) is 31.0 Å². The molecule has 1 aliphatic rings. The lowest BCUT2D eigenvalue weighted by atomic mass is 10.0. The highest BCUT2D eigenvalue weighted by atomic mass is 79.9. The van der Waals surface area contributed by atoms with Crippen LogP contribution in [-0.4, -0.2) is 44.8 Å². The van der Waals surface area contributed by atoms with E-state index >= 15 is 0 Å². The molecule has 1 saturated heterocycles. The second kappa shape index (κ2) is 8.08. The Bertz CT molecular complexity index is 919. The van der Waals surface area contributed by atoms with E-state index in [1.54, 1.807) is 18.3 Å². The molecule has 0 unspecified atom stereocenters. The molecule has 4 rings (SSSR count). The number of rotatable bonds is 5. The molecule has 1 fully saturated rings. The van der Waals surface area contributed by atoms with Crippen molar-refractivity contribution in [1.29, 1.82) is 0 Å². The Kier molecular flexibility index (Phi) is 5.56. The van der Waals surface area contributed by atoms with Crippen molar-refractivity contribution in [2.24, 2.45) is 0 Å². The topological polar surface area (TPSA) is 62.5 Å². The summed E-state index contributed by atoms with van der Waals surface area (Å²) in [6.45, 7) is 4.72. The van der Waals surface area contributed by atoms with Crippen LogP contribution in [0.15, 0.2) is 38.8 Å². The van der Waals surface area contributed by atoms with E-state index in [2.05, 4.69) is 30.8 Å². The highest BCUT2D eigenvalue weighted by Crippen LogP contribution is 2.25. The van der Waals surface area contributed by atoms with Crippen LogP contribution in [0.3, 0.4) is 0 Å². The van der Waals surface area contributed by atoms with Crippen LogP contribution in [0.25, 0.3) is 11.1 Å². The standard InChI is InChI=1S/C19H21BrN4O2S/c1-13(25)23-6-4-15(5-7-23)24(10-16-9-21-12-27-16)11-19-22-17-8-14(20)2-3-18(17)26-19/h2-3,8-9,12,15H,4-7,10-11H2,1H3. The lowest BCUT2D eigenvalue weighted by Crippen LogP contribution is -2.45. The van der Waals surface area contributed by atoms with Crippen LogP contribution in [0.2, 0.25) is 0 Å². The number of amides is 1. The summed E-state index contributed by atoms with van der Waals surface area (Å²) in [5.41, 5.74) is 3.53. The molecule has 27 heavy (non-hydrogen) atoms. The molecule has 1 aliphatic heterocycles. The zero-order valence-corrected chi connectivity index (χ0v) is 17.5. The van der Waals surface area contributed by atoms with Gasteiger partial charge in [0.25, 0.3) is 0 Å². The van der Waals surface area contributed by atoms with Gasteiger partial charge in [0.05, 0.1) is 12.1 Å². The van der Waals surface area contributed by atoms with Crippen molar-refractivity contribution >= 4 is 44.3 Å². The van der Waals surface area contributed by atoms with E-state index in [4.69, 9.17) is 4.42 Å². The largest absolute Gasteiger partial charge is 0.439 e. The van der Waals surface area contributed by atoms with E-state index in [1.807, 2.05) is 34.8 Å². The highest BCUT2D eigenvalue weighted by Gasteiger charge is 2.27. The Morgan fingerprint density at radius 2 is 2.19 bits per heavy atom. The summed E-state index contributed by atoms with van der Waals surface area (Å²) in [4.78, 5) is 26.1. The maximum absolute atomic E-state index is 11.6. The van der Waals surface area contributed by atoms with Crippen molar-refractivity contribution in [3.63, 3.8) is 0 Å². The molecule has 0 radical (unpaired) electrons. The van der Waals surface area contributed by atoms with Crippen molar-refractivity contribution in [3.05, 3.63) is 45.1 Å². The predicted octanol–water partition coefficient (Wildman–Crippen LogP) is 4.06. The lowest BCUT2D eigenvalue weighted by molar-refractivity contribution is -0.130. The van der Waals surface area contributed by atoms with Crippen molar-refractivity contribution < 1.29 is 9.21 Å². The summed E-state index contributed by atoms with van der Waals surface area (Å²) in [7, 11) is 0. The van der Waals surface area contributed by atoms with Gasteiger partial charge in [0.1, 0.15) is 5.52 Å². The summed E-state index contributed by atoms with van der Waals surface area (Å²) in [5, 5.41) is 0. The monoisotopic (exact) mass is 448 g/mol. The molecule has 0 aliphatic carbocycles. The first kappa shape index (κ1) is 18.6. The Morgan fingerprint density at radius 1 is 1.37 bits per heavy atom. The number of carbonyl (C=O) groups is 1. The van der Waals surface area contributed by atoms with Gasteiger partial charge in [0, 0.05) is 48.1 Å². The van der Waals surface area contributed by atoms with Crippen molar-refractivity contribution in [3.8, 4) is 0 Å². The summed E-state index contributed by atoms with van der Waals surface area (Å²) in [6.07, 6.45) is 3.85. The van der Waals surface area contributed by atoms with Crippen LogP contribution in [0.5, 0.6) is 0 Å². The average molecular weight is 449 g/mol. The Morgan fingerprint density at radius 3 is 2.89 bits per heavy atom. The number of thiazole rings is 1. The molecule has 8 heteroatoms. The van der Waals surface area contributed by atoms with Gasteiger partial charge in [-0.3, -0.25) is 14.7 Å². The predicted molar refractivity (Wildman–Crippen MR) is 108 cm³/mol. The summed E-state index contributed by atoms with van der Waals surface area (Å²) in [6, 6.07) is 6.27. The minimum Gasteiger partial charge on any atom is -0.439 e. The third-order valence-electron chi connectivity index (χ3n) is 5.00. The third kappa shape index (κ3) is 4.39. The molecule has 1 aromatic carbocycles. The number of halogens is 1. The van der Waals surface area contributed by atoms with Gasteiger partial charge in [0.2, 0.25) is 11.8 Å². The molecule has 0 N–H and O–H groups in total. The van der Waals surface area contributed by atoms with Gasteiger partial charge in [-0.2, -0.15) is 0 Å². The first-order valence-electron chi connectivity index (χ1n) is 9.00. The number of aromatic nitrogens is 2. The van der Waals surface area contributed by atoms with Crippen LogP contribution in [-0.2, 0) is 17.9 Å². The Balaban J connectivity index is 1.53. The fraction of sp³-hybridized carbons (Fsp3) is 0.421. The Hall–Kier alpha value is -1.77. The van der Waals surface area contributed by atoms with Crippen molar-refractivity contribution in [1.82, 2.24) is 19.8 Å². The molecule has 0 atom stereocenters. The normalized spacial score (nSPS) is 15.7. The molecule has 2 aromatic heterocycles. The number of oxazole rings is 1. The SMILES string of the molecule is CC(=O)N1CCC(N(Cc2nc3cc(Br)ccc3o2)Cc2cncs2)CC1. The highest BCUT2D eigenvalue weighted by molar-refractivity contribution is 9.10. The quantitative estimate of drug-likeness (QED) is 0.588. The van der Waals surface area contributed by atoms with E-state index in [9.17, 15) is 4.79 Å². The fourth-order valence-electron chi connectivity index (χ4n) is 3.57. The van der Waals surface area contributed by atoms with Crippen LogP contribution < -0.4 is 0 Å². The van der Waals surface area contributed by atoms with Crippen LogP contribution >= 0.6 is 27.3 Å². The fourth-order valence-corrected chi connectivity index (χ4v) is 4.54. The molecule has 0 spiro atoms. The smallest absolute Gasteiger partial charge is 0.219 e. The van der Waals surface area contributed by atoms with Gasteiger partial charge in [-0.15, -0.1) is 11.3 Å². The van der Waals surface area contributed by atoms with E-state index in [-0.39, 0.29) is 5.91 Å². The maximum atomic E-state index is 11.6. The van der Waals surface area contributed by atoms with Crippen molar-refractivity contribution in [2.45, 2.75) is 38.9 Å².